The molecule has 1 heterocycles. The van der Waals surface area contributed by atoms with Crippen LogP contribution in [0.4, 0.5) is 5.69 Å². The fourth-order valence-corrected chi connectivity index (χ4v) is 1.88. The second-order valence-corrected chi connectivity index (χ2v) is 4.57. The molecule has 104 valence electrons. The molecule has 0 spiro atoms. The van der Waals surface area contributed by atoms with Gasteiger partial charge in [0.15, 0.2) is 0 Å². The van der Waals surface area contributed by atoms with Crippen LogP contribution < -0.4 is 16.8 Å². The molecule has 6 heteroatoms. The zero-order valence-electron chi connectivity index (χ0n) is 11.1. The molecule has 0 radical (unpaired) electrons. The molecule has 0 atom stereocenters. The number of benzene rings is 1. The fourth-order valence-electron chi connectivity index (χ4n) is 1.88. The minimum absolute atomic E-state index is 0.247. The number of aromatic nitrogens is 1. The summed E-state index contributed by atoms with van der Waals surface area (Å²) in [5.74, 6) is -1.20. The molecule has 2 amide bonds. The van der Waals surface area contributed by atoms with Gasteiger partial charge in [-0.1, -0.05) is 0 Å². The van der Waals surface area contributed by atoms with E-state index < -0.39 is 11.8 Å². The summed E-state index contributed by atoms with van der Waals surface area (Å²) in [6, 6.07) is 6.55. The molecule has 0 aliphatic heterocycles. The topological polar surface area (TPSA) is 103 Å². The summed E-state index contributed by atoms with van der Waals surface area (Å²) < 4.78 is 1.94. The van der Waals surface area contributed by atoms with Gasteiger partial charge < -0.3 is 21.4 Å². The molecule has 2 aromatic rings. The van der Waals surface area contributed by atoms with Crippen LogP contribution in [-0.4, -0.2) is 16.4 Å². The lowest BCUT2D eigenvalue weighted by Crippen LogP contribution is -2.16. The van der Waals surface area contributed by atoms with Gasteiger partial charge in [0.1, 0.15) is 0 Å². The number of hydrogen-bond donors (Lipinski definition) is 3. The van der Waals surface area contributed by atoms with Crippen LogP contribution in [0, 0.1) is 0 Å². The van der Waals surface area contributed by atoms with Crippen molar-refractivity contribution in [3.63, 3.8) is 0 Å². The van der Waals surface area contributed by atoms with Crippen LogP contribution in [0.15, 0.2) is 36.7 Å². The van der Waals surface area contributed by atoms with Crippen molar-refractivity contribution in [3.05, 3.63) is 53.3 Å². The highest BCUT2D eigenvalue weighted by atomic mass is 16.1. The summed E-state index contributed by atoms with van der Waals surface area (Å²) in [6.45, 7) is 0.571. The van der Waals surface area contributed by atoms with E-state index in [9.17, 15) is 9.59 Å². The number of carbonyl (C=O) groups is 2. The third kappa shape index (κ3) is 3.17. The van der Waals surface area contributed by atoms with Crippen molar-refractivity contribution in [3.8, 4) is 0 Å². The second-order valence-electron chi connectivity index (χ2n) is 4.57. The smallest absolute Gasteiger partial charge is 0.248 e. The Morgan fingerprint density at radius 3 is 2.20 bits per heavy atom. The van der Waals surface area contributed by atoms with E-state index in [0.29, 0.717) is 12.2 Å². The molecule has 1 aromatic carbocycles. The maximum Gasteiger partial charge on any atom is 0.248 e. The highest BCUT2D eigenvalue weighted by molar-refractivity contribution is 5.99. The van der Waals surface area contributed by atoms with Crippen LogP contribution in [0.2, 0.25) is 0 Å². The van der Waals surface area contributed by atoms with Gasteiger partial charge in [0.05, 0.1) is 0 Å². The Morgan fingerprint density at radius 2 is 1.75 bits per heavy atom. The van der Waals surface area contributed by atoms with E-state index in [2.05, 4.69) is 5.32 Å². The summed E-state index contributed by atoms with van der Waals surface area (Å²) in [5, 5.41) is 3.14. The van der Waals surface area contributed by atoms with E-state index >= 15 is 0 Å². The quantitative estimate of drug-likeness (QED) is 0.751. The van der Waals surface area contributed by atoms with Gasteiger partial charge in [0.2, 0.25) is 11.8 Å². The highest BCUT2D eigenvalue weighted by Gasteiger charge is 2.09. The lowest BCUT2D eigenvalue weighted by molar-refractivity contribution is 0.0999. The predicted molar refractivity (Wildman–Crippen MR) is 76.2 cm³/mol. The maximum atomic E-state index is 11.2. The number of aryl methyl sites for hydroxylation is 1. The SMILES string of the molecule is Cn1ccc(CNc2cc(C(N)=O)cc(C(N)=O)c2)c1. The predicted octanol–water partition coefficient (Wildman–Crippen LogP) is 0.835. The molecule has 20 heavy (non-hydrogen) atoms. The van der Waals surface area contributed by atoms with Gasteiger partial charge in [-0.2, -0.15) is 0 Å². The first-order valence-corrected chi connectivity index (χ1v) is 6.05. The van der Waals surface area contributed by atoms with Crippen LogP contribution in [0.5, 0.6) is 0 Å². The number of nitrogens with zero attached hydrogens (tertiary/aromatic N) is 1. The molecule has 5 N–H and O–H groups in total. The fraction of sp³-hybridized carbons (Fsp3) is 0.143. The molecule has 1 aromatic heterocycles. The zero-order valence-corrected chi connectivity index (χ0v) is 11.1. The molecular formula is C14H16N4O2. The third-order valence-corrected chi connectivity index (χ3v) is 2.89. The number of amides is 2. The molecule has 0 aliphatic carbocycles. The molecule has 0 saturated carbocycles. The number of hydrogen-bond acceptors (Lipinski definition) is 3. The molecule has 6 nitrogen and oxygen atoms in total. The Balaban J connectivity index is 2.21. The van der Waals surface area contributed by atoms with E-state index in [-0.39, 0.29) is 11.1 Å². The Kier molecular flexibility index (Phi) is 3.74. The van der Waals surface area contributed by atoms with E-state index in [4.69, 9.17) is 11.5 Å². The normalized spacial score (nSPS) is 10.2. The van der Waals surface area contributed by atoms with E-state index in [1.54, 1.807) is 12.1 Å². The first kappa shape index (κ1) is 13.7. The Hall–Kier alpha value is -2.76. The third-order valence-electron chi connectivity index (χ3n) is 2.89. The zero-order chi connectivity index (χ0) is 14.7. The molecular weight excluding hydrogens is 256 g/mol. The average molecular weight is 272 g/mol. The van der Waals surface area contributed by atoms with E-state index in [0.717, 1.165) is 5.56 Å². The number of anilines is 1. The van der Waals surface area contributed by atoms with Gasteiger partial charge in [-0.15, -0.1) is 0 Å². The van der Waals surface area contributed by atoms with Gasteiger partial charge >= 0.3 is 0 Å². The maximum absolute atomic E-state index is 11.2. The van der Waals surface area contributed by atoms with Crippen molar-refractivity contribution >= 4 is 17.5 Å². The van der Waals surface area contributed by atoms with Crippen molar-refractivity contribution < 1.29 is 9.59 Å². The van der Waals surface area contributed by atoms with Crippen molar-refractivity contribution in [2.45, 2.75) is 6.54 Å². The van der Waals surface area contributed by atoms with Crippen molar-refractivity contribution in [1.82, 2.24) is 4.57 Å². The highest BCUT2D eigenvalue weighted by Crippen LogP contribution is 2.16. The number of nitrogens with one attached hydrogen (secondary N) is 1. The first-order chi connectivity index (χ1) is 9.45. The largest absolute Gasteiger partial charge is 0.381 e. The molecule has 0 bridgehead atoms. The minimum Gasteiger partial charge on any atom is -0.381 e. The Morgan fingerprint density at radius 1 is 1.15 bits per heavy atom. The van der Waals surface area contributed by atoms with Crippen LogP contribution in [0.1, 0.15) is 26.3 Å². The summed E-state index contributed by atoms with van der Waals surface area (Å²) in [7, 11) is 1.93. The van der Waals surface area contributed by atoms with Crippen LogP contribution in [0.25, 0.3) is 0 Å². The number of primary amides is 2. The standard InChI is InChI=1S/C14H16N4O2/c1-18-3-2-9(8-18)7-17-12-5-10(13(15)19)4-11(6-12)14(16)20/h2-6,8,17H,7H2,1H3,(H2,15,19)(H2,16,20). The monoisotopic (exact) mass is 272 g/mol. The molecule has 0 saturated heterocycles. The van der Waals surface area contributed by atoms with Gasteiger partial charge in [-0.3, -0.25) is 9.59 Å². The minimum atomic E-state index is -0.601. The van der Waals surface area contributed by atoms with Crippen LogP contribution >= 0.6 is 0 Å². The van der Waals surface area contributed by atoms with Crippen LogP contribution in [0.3, 0.4) is 0 Å². The molecule has 0 fully saturated rings. The van der Waals surface area contributed by atoms with Crippen molar-refractivity contribution in [1.29, 1.82) is 0 Å². The van der Waals surface area contributed by atoms with Gasteiger partial charge in [-0.25, -0.2) is 0 Å². The van der Waals surface area contributed by atoms with E-state index in [1.807, 2.05) is 30.1 Å². The summed E-state index contributed by atoms with van der Waals surface area (Å²) in [4.78, 5) is 22.5. The lowest BCUT2D eigenvalue weighted by atomic mass is 10.1. The Labute approximate surface area is 116 Å². The average Bonchev–Trinajstić information content (AvgIpc) is 2.81. The summed E-state index contributed by atoms with van der Waals surface area (Å²) in [5.41, 5.74) is 12.7. The number of nitrogens with two attached hydrogens (primary N) is 2. The molecule has 2 rings (SSSR count). The first-order valence-electron chi connectivity index (χ1n) is 6.05. The molecule has 0 aliphatic rings. The van der Waals surface area contributed by atoms with Gasteiger partial charge in [-0.05, 0) is 29.8 Å². The summed E-state index contributed by atoms with van der Waals surface area (Å²) >= 11 is 0. The number of rotatable bonds is 5. The van der Waals surface area contributed by atoms with Gasteiger partial charge in [0.25, 0.3) is 0 Å². The Bertz CT molecular complexity index is 629. The van der Waals surface area contributed by atoms with E-state index in [1.165, 1.54) is 6.07 Å². The lowest BCUT2D eigenvalue weighted by Gasteiger charge is -2.08. The number of carbonyl (C=O) groups excluding carboxylic acids is 2. The van der Waals surface area contributed by atoms with Crippen molar-refractivity contribution in [2.75, 3.05) is 5.32 Å². The molecule has 0 unspecified atom stereocenters. The van der Waals surface area contributed by atoms with Crippen LogP contribution in [-0.2, 0) is 13.6 Å². The van der Waals surface area contributed by atoms with Crippen molar-refractivity contribution in [2.24, 2.45) is 18.5 Å². The summed E-state index contributed by atoms with van der Waals surface area (Å²) in [6.07, 6.45) is 3.91. The van der Waals surface area contributed by atoms with Gasteiger partial charge in [0, 0.05) is 42.8 Å². The second kappa shape index (κ2) is 5.48.